The predicted octanol–water partition coefficient (Wildman–Crippen LogP) is 3.91. The number of halogens is 2. The van der Waals surface area contributed by atoms with E-state index < -0.39 is 11.6 Å². The fourth-order valence-electron chi connectivity index (χ4n) is 2.25. The van der Waals surface area contributed by atoms with Crippen molar-refractivity contribution in [3.8, 4) is 11.5 Å². The van der Waals surface area contributed by atoms with Crippen LogP contribution in [0.15, 0.2) is 36.4 Å². The number of rotatable bonds is 3. The van der Waals surface area contributed by atoms with Gasteiger partial charge in [-0.05, 0) is 36.8 Å². The van der Waals surface area contributed by atoms with Crippen LogP contribution in [0.1, 0.15) is 18.5 Å². The normalized spacial score (nSPS) is 14.6. The summed E-state index contributed by atoms with van der Waals surface area (Å²) in [6, 6.07) is 8.92. The molecule has 0 radical (unpaired) electrons. The van der Waals surface area contributed by atoms with Gasteiger partial charge in [0.15, 0.2) is 11.5 Å². The average molecular weight is 291 g/mol. The van der Waals surface area contributed by atoms with Crippen LogP contribution in [0.2, 0.25) is 0 Å². The Morgan fingerprint density at radius 3 is 2.52 bits per heavy atom. The van der Waals surface area contributed by atoms with Crippen LogP contribution >= 0.6 is 0 Å². The average Bonchev–Trinajstić information content (AvgIpc) is 2.49. The molecule has 1 aliphatic rings. The summed E-state index contributed by atoms with van der Waals surface area (Å²) >= 11 is 0. The molecule has 110 valence electrons. The molecule has 0 saturated heterocycles. The largest absolute Gasteiger partial charge is 0.486 e. The highest BCUT2D eigenvalue weighted by Crippen LogP contribution is 2.33. The molecule has 0 aromatic heterocycles. The van der Waals surface area contributed by atoms with Crippen LogP contribution in [0.4, 0.5) is 14.5 Å². The minimum absolute atomic E-state index is 0.152. The molecule has 1 heterocycles. The van der Waals surface area contributed by atoms with Gasteiger partial charge < -0.3 is 14.8 Å². The summed E-state index contributed by atoms with van der Waals surface area (Å²) in [5.41, 5.74) is 1.20. The van der Waals surface area contributed by atoms with Crippen molar-refractivity contribution in [1.82, 2.24) is 0 Å². The van der Waals surface area contributed by atoms with E-state index in [1.807, 2.05) is 25.1 Å². The van der Waals surface area contributed by atoms with Gasteiger partial charge in [-0.2, -0.15) is 0 Å². The summed E-state index contributed by atoms with van der Waals surface area (Å²) in [7, 11) is 0. The number of hydrogen-bond donors (Lipinski definition) is 1. The maximum absolute atomic E-state index is 13.7. The molecule has 0 spiro atoms. The molecule has 0 bridgehead atoms. The molecule has 1 unspecified atom stereocenters. The molecule has 0 fully saturated rings. The van der Waals surface area contributed by atoms with Gasteiger partial charge in [0.2, 0.25) is 0 Å². The van der Waals surface area contributed by atoms with Crippen LogP contribution in [0.3, 0.4) is 0 Å². The van der Waals surface area contributed by atoms with Gasteiger partial charge in [0, 0.05) is 12.1 Å². The SMILES string of the molecule is CC(Nc1ccc(F)cc1F)c1ccc2c(c1)OCCO2. The van der Waals surface area contributed by atoms with E-state index in [0.29, 0.717) is 24.7 Å². The molecule has 2 aromatic rings. The van der Waals surface area contributed by atoms with Crippen molar-refractivity contribution in [3.05, 3.63) is 53.6 Å². The lowest BCUT2D eigenvalue weighted by atomic mass is 10.1. The predicted molar refractivity (Wildman–Crippen MR) is 75.8 cm³/mol. The molecule has 1 N–H and O–H groups in total. The Kier molecular flexibility index (Phi) is 3.64. The van der Waals surface area contributed by atoms with E-state index in [0.717, 1.165) is 11.6 Å². The van der Waals surface area contributed by atoms with E-state index in [9.17, 15) is 8.78 Å². The Morgan fingerprint density at radius 1 is 1.00 bits per heavy atom. The topological polar surface area (TPSA) is 30.5 Å². The fraction of sp³-hybridized carbons (Fsp3) is 0.250. The zero-order chi connectivity index (χ0) is 14.8. The third kappa shape index (κ3) is 2.91. The van der Waals surface area contributed by atoms with Gasteiger partial charge >= 0.3 is 0 Å². The molecule has 1 aliphatic heterocycles. The summed E-state index contributed by atoms with van der Waals surface area (Å²) in [6.07, 6.45) is 0. The summed E-state index contributed by atoms with van der Waals surface area (Å²) in [5.74, 6) is 0.196. The van der Waals surface area contributed by atoms with E-state index in [-0.39, 0.29) is 11.7 Å². The maximum Gasteiger partial charge on any atom is 0.161 e. The molecular weight excluding hydrogens is 276 g/mol. The molecule has 3 rings (SSSR count). The zero-order valence-electron chi connectivity index (χ0n) is 11.5. The molecule has 3 nitrogen and oxygen atoms in total. The first kappa shape index (κ1) is 13.7. The molecule has 5 heteroatoms. The van der Waals surface area contributed by atoms with Gasteiger partial charge in [0.1, 0.15) is 24.8 Å². The molecular formula is C16H15F2NO2. The minimum Gasteiger partial charge on any atom is -0.486 e. The van der Waals surface area contributed by atoms with Crippen molar-refractivity contribution in [2.24, 2.45) is 0 Å². The first-order valence-electron chi connectivity index (χ1n) is 6.74. The Balaban J connectivity index is 1.80. The molecule has 21 heavy (non-hydrogen) atoms. The van der Waals surface area contributed by atoms with Gasteiger partial charge in [0.25, 0.3) is 0 Å². The van der Waals surface area contributed by atoms with Crippen molar-refractivity contribution in [1.29, 1.82) is 0 Å². The van der Waals surface area contributed by atoms with Crippen molar-refractivity contribution in [3.63, 3.8) is 0 Å². The summed E-state index contributed by atoms with van der Waals surface area (Å²) in [6.45, 7) is 2.96. The second kappa shape index (κ2) is 5.60. The van der Waals surface area contributed by atoms with E-state index in [1.165, 1.54) is 12.1 Å². The number of ether oxygens (including phenoxy) is 2. The highest BCUT2D eigenvalue weighted by Gasteiger charge is 2.15. The lowest BCUT2D eigenvalue weighted by Gasteiger charge is -2.21. The summed E-state index contributed by atoms with van der Waals surface area (Å²) < 4.78 is 37.5. The zero-order valence-corrected chi connectivity index (χ0v) is 11.5. The first-order chi connectivity index (χ1) is 10.1. The highest BCUT2D eigenvalue weighted by molar-refractivity contribution is 5.49. The van der Waals surface area contributed by atoms with E-state index in [1.54, 1.807) is 0 Å². The van der Waals surface area contributed by atoms with Crippen LogP contribution in [0.5, 0.6) is 11.5 Å². The van der Waals surface area contributed by atoms with Gasteiger partial charge in [0.05, 0.1) is 5.69 Å². The van der Waals surface area contributed by atoms with Crippen molar-refractivity contribution < 1.29 is 18.3 Å². The Bertz CT molecular complexity index is 661. The van der Waals surface area contributed by atoms with Gasteiger partial charge in [-0.25, -0.2) is 8.78 Å². The smallest absolute Gasteiger partial charge is 0.161 e. The quantitative estimate of drug-likeness (QED) is 0.930. The summed E-state index contributed by atoms with van der Waals surface area (Å²) in [5, 5.41) is 3.02. The molecule has 0 amide bonds. The van der Waals surface area contributed by atoms with Gasteiger partial charge in [-0.1, -0.05) is 6.07 Å². The second-order valence-electron chi connectivity index (χ2n) is 4.89. The Labute approximate surface area is 121 Å². The van der Waals surface area contributed by atoms with Crippen LogP contribution < -0.4 is 14.8 Å². The van der Waals surface area contributed by atoms with Gasteiger partial charge in [-0.3, -0.25) is 0 Å². The number of anilines is 1. The molecule has 2 aromatic carbocycles. The number of benzene rings is 2. The monoisotopic (exact) mass is 291 g/mol. The number of fused-ring (bicyclic) bond motifs is 1. The Hall–Kier alpha value is -2.30. The van der Waals surface area contributed by atoms with Crippen LogP contribution in [-0.4, -0.2) is 13.2 Å². The van der Waals surface area contributed by atoms with Crippen molar-refractivity contribution in [2.75, 3.05) is 18.5 Å². The maximum atomic E-state index is 13.7. The molecule has 0 aliphatic carbocycles. The van der Waals surface area contributed by atoms with E-state index >= 15 is 0 Å². The second-order valence-corrected chi connectivity index (χ2v) is 4.89. The first-order valence-corrected chi connectivity index (χ1v) is 6.74. The molecule has 0 saturated carbocycles. The lowest BCUT2D eigenvalue weighted by molar-refractivity contribution is 0.171. The lowest BCUT2D eigenvalue weighted by Crippen LogP contribution is -2.16. The van der Waals surface area contributed by atoms with Crippen molar-refractivity contribution >= 4 is 5.69 Å². The number of nitrogens with one attached hydrogen (secondary N) is 1. The minimum atomic E-state index is -0.612. The third-order valence-corrected chi connectivity index (χ3v) is 3.37. The van der Waals surface area contributed by atoms with Crippen LogP contribution in [-0.2, 0) is 0 Å². The molecule has 1 atom stereocenters. The van der Waals surface area contributed by atoms with Crippen molar-refractivity contribution in [2.45, 2.75) is 13.0 Å². The van der Waals surface area contributed by atoms with Gasteiger partial charge in [-0.15, -0.1) is 0 Å². The standard InChI is InChI=1S/C16H15F2NO2/c1-10(19-14-4-3-12(17)9-13(14)18)11-2-5-15-16(8-11)21-7-6-20-15/h2-5,8-10,19H,6-7H2,1H3. The van der Waals surface area contributed by atoms with E-state index in [4.69, 9.17) is 9.47 Å². The third-order valence-electron chi connectivity index (χ3n) is 3.37. The highest BCUT2D eigenvalue weighted by atomic mass is 19.1. The number of hydrogen-bond acceptors (Lipinski definition) is 3. The van der Waals surface area contributed by atoms with E-state index in [2.05, 4.69) is 5.32 Å². The van der Waals surface area contributed by atoms with Crippen LogP contribution in [0.25, 0.3) is 0 Å². The Morgan fingerprint density at radius 2 is 1.76 bits per heavy atom. The fourth-order valence-corrected chi connectivity index (χ4v) is 2.25. The van der Waals surface area contributed by atoms with Crippen LogP contribution in [0, 0.1) is 11.6 Å². The summed E-state index contributed by atoms with van der Waals surface area (Å²) in [4.78, 5) is 0.